The van der Waals surface area contributed by atoms with Gasteiger partial charge < -0.3 is 10.2 Å². The third-order valence-electron chi connectivity index (χ3n) is 5.11. The minimum absolute atomic E-state index is 0.0419. The van der Waals surface area contributed by atoms with Crippen LogP contribution in [0.4, 0.5) is 10.6 Å². The molecule has 6 nitrogen and oxygen atoms in total. The van der Waals surface area contributed by atoms with Crippen molar-refractivity contribution >= 4 is 11.8 Å². The fraction of sp³-hybridized carbons (Fsp3) is 0.444. The summed E-state index contributed by atoms with van der Waals surface area (Å²) in [4.78, 5) is 14.5. The molecule has 1 aromatic carbocycles. The molecule has 2 N–H and O–H groups in total. The Morgan fingerprint density at radius 3 is 2.83 bits per heavy atom. The van der Waals surface area contributed by atoms with Crippen LogP contribution < -0.4 is 10.6 Å². The summed E-state index contributed by atoms with van der Waals surface area (Å²) in [7, 11) is 0. The molecule has 3 heterocycles. The van der Waals surface area contributed by atoms with Crippen LogP contribution in [-0.2, 0) is 0 Å². The highest BCUT2D eigenvalue weighted by atomic mass is 16.2. The molecule has 4 rings (SSSR count). The van der Waals surface area contributed by atoms with Gasteiger partial charge in [0.1, 0.15) is 0 Å². The maximum absolute atomic E-state index is 12.6. The van der Waals surface area contributed by atoms with E-state index in [0.717, 1.165) is 37.4 Å². The van der Waals surface area contributed by atoms with Crippen LogP contribution in [0.2, 0.25) is 0 Å². The normalized spacial score (nSPS) is 22.7. The van der Waals surface area contributed by atoms with Crippen LogP contribution >= 0.6 is 0 Å². The number of aryl methyl sites for hydroxylation is 2. The zero-order valence-electron chi connectivity index (χ0n) is 14.1. The number of hydrogen-bond donors (Lipinski definition) is 2. The van der Waals surface area contributed by atoms with Gasteiger partial charge in [-0.05, 0) is 38.3 Å². The highest BCUT2D eigenvalue weighted by molar-refractivity contribution is 5.89. The number of fused-ring (bicyclic) bond motifs is 1. The largest absolute Gasteiger partial charge is 0.323 e. The summed E-state index contributed by atoms with van der Waals surface area (Å²) in [6.07, 6.45) is 1.09. The van der Waals surface area contributed by atoms with Gasteiger partial charge in [-0.3, -0.25) is 5.32 Å². The van der Waals surface area contributed by atoms with Crippen LogP contribution in [0.5, 0.6) is 0 Å². The molecule has 0 aliphatic carbocycles. The SMILES string of the molecule is Cc1ccc(-n2nc(NC(=O)N3CC[C@@H]4CNC[C@@H]43)cc2C)cc1. The van der Waals surface area contributed by atoms with Crippen molar-refractivity contribution in [3.8, 4) is 5.69 Å². The lowest BCUT2D eigenvalue weighted by Gasteiger charge is -2.23. The molecule has 2 fully saturated rings. The Balaban J connectivity index is 1.50. The summed E-state index contributed by atoms with van der Waals surface area (Å²) in [6, 6.07) is 10.4. The molecule has 0 spiro atoms. The van der Waals surface area contributed by atoms with Crippen molar-refractivity contribution in [3.05, 3.63) is 41.6 Å². The minimum atomic E-state index is -0.0419. The highest BCUT2D eigenvalue weighted by Gasteiger charge is 2.40. The van der Waals surface area contributed by atoms with Crippen LogP contribution in [0.25, 0.3) is 5.69 Å². The fourth-order valence-corrected chi connectivity index (χ4v) is 3.77. The number of hydrogen-bond acceptors (Lipinski definition) is 3. The van der Waals surface area contributed by atoms with Crippen molar-refractivity contribution < 1.29 is 4.79 Å². The molecule has 0 radical (unpaired) electrons. The van der Waals surface area contributed by atoms with Gasteiger partial charge in [0.05, 0.1) is 5.69 Å². The Bertz CT molecular complexity index is 751. The van der Waals surface area contributed by atoms with Gasteiger partial charge in [0.15, 0.2) is 5.82 Å². The van der Waals surface area contributed by atoms with Crippen LogP contribution in [0, 0.1) is 19.8 Å². The molecule has 0 bridgehead atoms. The summed E-state index contributed by atoms with van der Waals surface area (Å²) in [6.45, 7) is 6.81. The van der Waals surface area contributed by atoms with E-state index in [-0.39, 0.29) is 6.03 Å². The smallest absolute Gasteiger partial charge is 0.320 e. The van der Waals surface area contributed by atoms with E-state index in [4.69, 9.17) is 0 Å². The van der Waals surface area contributed by atoms with E-state index in [1.54, 1.807) is 0 Å². The number of anilines is 1. The molecule has 0 saturated carbocycles. The first-order valence-electron chi connectivity index (χ1n) is 8.54. The maximum Gasteiger partial charge on any atom is 0.323 e. The first kappa shape index (κ1) is 15.2. The Labute approximate surface area is 141 Å². The van der Waals surface area contributed by atoms with Gasteiger partial charge in [0.25, 0.3) is 0 Å². The summed E-state index contributed by atoms with van der Waals surface area (Å²) >= 11 is 0. The second-order valence-corrected chi connectivity index (χ2v) is 6.82. The van der Waals surface area contributed by atoms with Crippen LogP contribution in [-0.4, -0.2) is 46.4 Å². The Morgan fingerprint density at radius 2 is 2.04 bits per heavy atom. The molecule has 2 aromatic rings. The number of likely N-dealkylation sites (tertiary alicyclic amines) is 1. The number of rotatable bonds is 2. The molecule has 0 unspecified atom stereocenters. The Morgan fingerprint density at radius 1 is 1.25 bits per heavy atom. The standard InChI is InChI=1S/C18H23N5O/c1-12-3-5-15(6-4-12)23-13(2)9-17(21-23)20-18(24)22-8-7-14-10-19-11-16(14)22/h3-6,9,14,16,19H,7-8,10-11H2,1-2H3,(H,20,21,24)/t14-,16+/m1/s1. The van der Waals surface area contributed by atoms with Crippen LogP contribution in [0.3, 0.4) is 0 Å². The molecule has 1 aromatic heterocycles. The lowest BCUT2D eigenvalue weighted by molar-refractivity contribution is 0.206. The van der Waals surface area contributed by atoms with Crippen molar-refractivity contribution in [3.63, 3.8) is 0 Å². The number of aromatic nitrogens is 2. The Kier molecular flexibility index (Phi) is 3.76. The first-order valence-corrected chi connectivity index (χ1v) is 8.54. The summed E-state index contributed by atoms with van der Waals surface area (Å²) in [5, 5.41) is 10.9. The van der Waals surface area contributed by atoms with Gasteiger partial charge >= 0.3 is 6.03 Å². The summed E-state index contributed by atoms with van der Waals surface area (Å²) in [5.41, 5.74) is 3.21. The van der Waals surface area contributed by atoms with Crippen molar-refractivity contribution in [2.75, 3.05) is 25.0 Å². The fourth-order valence-electron chi connectivity index (χ4n) is 3.77. The molecule has 2 aliphatic heterocycles. The van der Waals surface area contributed by atoms with E-state index in [9.17, 15) is 4.79 Å². The quantitative estimate of drug-likeness (QED) is 0.891. The average Bonchev–Trinajstić information content (AvgIpc) is 3.23. The molecular formula is C18H23N5O. The summed E-state index contributed by atoms with van der Waals surface area (Å²) < 4.78 is 1.86. The van der Waals surface area contributed by atoms with Crippen molar-refractivity contribution in [1.29, 1.82) is 0 Å². The number of benzene rings is 1. The average molecular weight is 325 g/mol. The molecule has 2 saturated heterocycles. The number of nitrogens with one attached hydrogen (secondary N) is 2. The number of urea groups is 1. The minimum Gasteiger partial charge on any atom is -0.320 e. The van der Waals surface area contributed by atoms with E-state index >= 15 is 0 Å². The van der Waals surface area contributed by atoms with Gasteiger partial charge in [-0.25, -0.2) is 9.48 Å². The molecular weight excluding hydrogens is 302 g/mol. The van der Waals surface area contributed by atoms with Crippen LogP contribution in [0.1, 0.15) is 17.7 Å². The van der Waals surface area contributed by atoms with Crippen molar-refractivity contribution in [2.24, 2.45) is 5.92 Å². The number of nitrogens with zero attached hydrogens (tertiary/aromatic N) is 3. The van der Waals surface area contributed by atoms with E-state index < -0.39 is 0 Å². The van der Waals surface area contributed by atoms with Gasteiger partial charge in [-0.15, -0.1) is 5.10 Å². The number of carbonyl (C=O) groups is 1. The molecule has 126 valence electrons. The van der Waals surface area contributed by atoms with Crippen LogP contribution in [0.15, 0.2) is 30.3 Å². The van der Waals surface area contributed by atoms with Gasteiger partial charge in [0.2, 0.25) is 0 Å². The van der Waals surface area contributed by atoms with Gasteiger partial charge in [-0.2, -0.15) is 0 Å². The van der Waals surface area contributed by atoms with E-state index in [2.05, 4.69) is 34.8 Å². The third-order valence-corrected chi connectivity index (χ3v) is 5.11. The molecule has 2 atom stereocenters. The van der Waals surface area contributed by atoms with E-state index in [1.165, 1.54) is 5.56 Å². The second kappa shape index (κ2) is 5.94. The number of carbonyl (C=O) groups excluding carboxylic acids is 1. The topological polar surface area (TPSA) is 62.2 Å². The monoisotopic (exact) mass is 325 g/mol. The lowest BCUT2D eigenvalue weighted by Crippen LogP contribution is -2.41. The predicted molar refractivity (Wildman–Crippen MR) is 93.5 cm³/mol. The lowest BCUT2D eigenvalue weighted by atomic mass is 10.1. The maximum atomic E-state index is 12.6. The molecule has 2 amide bonds. The zero-order valence-corrected chi connectivity index (χ0v) is 14.1. The predicted octanol–water partition coefficient (Wildman–Crippen LogP) is 2.31. The Hall–Kier alpha value is -2.34. The second-order valence-electron chi connectivity index (χ2n) is 6.82. The van der Waals surface area contributed by atoms with E-state index in [0.29, 0.717) is 17.8 Å². The summed E-state index contributed by atoms with van der Waals surface area (Å²) in [5.74, 6) is 1.20. The first-order chi connectivity index (χ1) is 11.6. The van der Waals surface area contributed by atoms with Crippen molar-refractivity contribution in [2.45, 2.75) is 26.3 Å². The molecule has 6 heteroatoms. The van der Waals surface area contributed by atoms with Gasteiger partial charge in [0, 0.05) is 37.4 Å². The van der Waals surface area contributed by atoms with Gasteiger partial charge in [-0.1, -0.05) is 17.7 Å². The zero-order chi connectivity index (χ0) is 16.7. The van der Waals surface area contributed by atoms with Crippen molar-refractivity contribution in [1.82, 2.24) is 20.0 Å². The molecule has 2 aliphatic rings. The number of amides is 2. The highest BCUT2D eigenvalue weighted by Crippen LogP contribution is 2.27. The molecule has 24 heavy (non-hydrogen) atoms. The van der Waals surface area contributed by atoms with E-state index in [1.807, 2.05) is 34.7 Å². The third kappa shape index (κ3) is 2.67.